The Balaban J connectivity index is 2.00. The lowest BCUT2D eigenvalue weighted by Gasteiger charge is -2.30. The van der Waals surface area contributed by atoms with E-state index in [1.807, 2.05) is 36.6 Å². The molecule has 0 aliphatic heterocycles. The molecule has 0 bridgehead atoms. The monoisotopic (exact) mass is 357 g/mol. The maximum Gasteiger partial charge on any atom is 0.255 e. The third-order valence-corrected chi connectivity index (χ3v) is 5.20. The summed E-state index contributed by atoms with van der Waals surface area (Å²) in [6, 6.07) is 9.50. The van der Waals surface area contributed by atoms with Gasteiger partial charge >= 0.3 is 0 Å². The van der Waals surface area contributed by atoms with Crippen LogP contribution in [0.2, 0.25) is 0 Å². The van der Waals surface area contributed by atoms with Crippen LogP contribution in [0.4, 0.5) is 0 Å². The molecule has 25 heavy (non-hydrogen) atoms. The summed E-state index contributed by atoms with van der Waals surface area (Å²) in [6.45, 7) is 8.20. The van der Waals surface area contributed by atoms with Crippen LogP contribution in [0.3, 0.4) is 0 Å². The van der Waals surface area contributed by atoms with Crippen molar-refractivity contribution < 1.29 is 13.9 Å². The number of furan rings is 1. The molecule has 2 aromatic heterocycles. The van der Waals surface area contributed by atoms with E-state index in [0.29, 0.717) is 22.7 Å². The third-order valence-electron chi connectivity index (χ3n) is 4.27. The predicted molar refractivity (Wildman–Crippen MR) is 101 cm³/mol. The Kier molecular flexibility index (Phi) is 4.60. The number of fused-ring (bicyclic) bond motifs is 1. The number of aryl methyl sites for hydroxylation is 1. The standard InChI is InChI=1S/C20H23NO3S/c1-12-17(14-11-13(23-5)8-9-15(14)24-12)19(22)21-18(20(2,3)4)16-7-6-10-25-16/h6-11,18H,1-5H3,(H,21,22). The molecule has 0 saturated heterocycles. The lowest BCUT2D eigenvalue weighted by Crippen LogP contribution is -2.36. The maximum atomic E-state index is 13.1. The van der Waals surface area contributed by atoms with Crippen LogP contribution >= 0.6 is 11.3 Å². The summed E-state index contributed by atoms with van der Waals surface area (Å²) < 4.78 is 11.1. The van der Waals surface area contributed by atoms with Gasteiger partial charge in [0.05, 0.1) is 18.7 Å². The molecule has 3 rings (SSSR count). The van der Waals surface area contributed by atoms with Crippen molar-refractivity contribution in [1.82, 2.24) is 5.32 Å². The molecule has 0 aliphatic rings. The molecule has 3 aromatic rings. The zero-order chi connectivity index (χ0) is 18.2. The van der Waals surface area contributed by atoms with E-state index >= 15 is 0 Å². The summed E-state index contributed by atoms with van der Waals surface area (Å²) in [7, 11) is 1.61. The molecule has 0 aliphatic carbocycles. The molecule has 1 unspecified atom stereocenters. The van der Waals surface area contributed by atoms with Crippen molar-refractivity contribution >= 4 is 28.2 Å². The quantitative estimate of drug-likeness (QED) is 0.687. The van der Waals surface area contributed by atoms with E-state index in [0.717, 1.165) is 10.3 Å². The van der Waals surface area contributed by atoms with E-state index in [4.69, 9.17) is 9.15 Å². The van der Waals surface area contributed by atoms with Gasteiger partial charge in [-0.25, -0.2) is 0 Å². The number of hydrogen-bond acceptors (Lipinski definition) is 4. The summed E-state index contributed by atoms with van der Waals surface area (Å²) >= 11 is 1.65. The fourth-order valence-corrected chi connectivity index (χ4v) is 4.00. The number of carbonyl (C=O) groups is 1. The molecule has 2 heterocycles. The smallest absolute Gasteiger partial charge is 0.255 e. The Morgan fingerprint density at radius 2 is 2.04 bits per heavy atom. The molecule has 1 amide bonds. The molecule has 1 atom stereocenters. The van der Waals surface area contributed by atoms with Crippen LogP contribution < -0.4 is 10.1 Å². The maximum absolute atomic E-state index is 13.1. The summed E-state index contributed by atoms with van der Waals surface area (Å²) in [6.07, 6.45) is 0. The first-order valence-electron chi connectivity index (χ1n) is 8.22. The lowest BCUT2D eigenvalue weighted by atomic mass is 9.85. The zero-order valence-corrected chi connectivity index (χ0v) is 16.0. The number of ether oxygens (including phenoxy) is 1. The average Bonchev–Trinajstić information content (AvgIpc) is 3.17. The Morgan fingerprint density at radius 1 is 1.28 bits per heavy atom. The molecule has 0 fully saturated rings. The number of amides is 1. The van der Waals surface area contributed by atoms with Gasteiger partial charge in [-0.05, 0) is 42.0 Å². The minimum Gasteiger partial charge on any atom is -0.497 e. The average molecular weight is 357 g/mol. The molecule has 132 valence electrons. The second kappa shape index (κ2) is 6.56. The second-order valence-electron chi connectivity index (χ2n) is 7.18. The topological polar surface area (TPSA) is 51.5 Å². The molecule has 1 N–H and O–H groups in total. The van der Waals surface area contributed by atoms with Crippen LogP contribution in [0.25, 0.3) is 11.0 Å². The summed E-state index contributed by atoms with van der Waals surface area (Å²) in [5, 5.41) is 6.01. The van der Waals surface area contributed by atoms with Gasteiger partial charge in [0.25, 0.3) is 5.91 Å². The first-order chi connectivity index (χ1) is 11.8. The Hall–Kier alpha value is -2.27. The molecule has 0 spiro atoms. The molecular weight excluding hydrogens is 334 g/mol. The van der Waals surface area contributed by atoms with Crippen LogP contribution in [0.15, 0.2) is 40.1 Å². The normalized spacial score (nSPS) is 13.0. The minimum atomic E-state index is -0.127. The van der Waals surface area contributed by atoms with Gasteiger partial charge in [-0.3, -0.25) is 4.79 Å². The van der Waals surface area contributed by atoms with Gasteiger partial charge in [-0.15, -0.1) is 11.3 Å². The van der Waals surface area contributed by atoms with Crippen molar-refractivity contribution in [2.24, 2.45) is 5.41 Å². The highest BCUT2D eigenvalue weighted by atomic mass is 32.1. The van der Waals surface area contributed by atoms with Gasteiger partial charge in [0, 0.05) is 10.3 Å². The number of hydrogen-bond donors (Lipinski definition) is 1. The number of carbonyl (C=O) groups excluding carboxylic acids is 1. The van der Waals surface area contributed by atoms with Crippen molar-refractivity contribution in [3.05, 3.63) is 51.9 Å². The molecule has 0 radical (unpaired) electrons. The highest BCUT2D eigenvalue weighted by molar-refractivity contribution is 7.10. The van der Waals surface area contributed by atoms with Crippen molar-refractivity contribution in [3.8, 4) is 5.75 Å². The molecule has 5 heteroatoms. The Labute approximate surface area is 151 Å². The van der Waals surface area contributed by atoms with E-state index in [1.54, 1.807) is 18.4 Å². The van der Waals surface area contributed by atoms with Crippen LogP contribution in [0.5, 0.6) is 5.75 Å². The minimum absolute atomic E-state index is 0.0741. The van der Waals surface area contributed by atoms with Crippen molar-refractivity contribution in [2.45, 2.75) is 33.7 Å². The number of benzene rings is 1. The summed E-state index contributed by atoms with van der Waals surface area (Å²) in [5.41, 5.74) is 1.15. The van der Waals surface area contributed by atoms with Crippen LogP contribution in [-0.4, -0.2) is 13.0 Å². The van der Waals surface area contributed by atoms with Gasteiger partial charge in [0.15, 0.2) is 0 Å². The summed E-state index contributed by atoms with van der Waals surface area (Å²) in [4.78, 5) is 14.2. The summed E-state index contributed by atoms with van der Waals surface area (Å²) in [5.74, 6) is 1.19. The van der Waals surface area contributed by atoms with Crippen molar-refractivity contribution in [2.75, 3.05) is 7.11 Å². The second-order valence-corrected chi connectivity index (χ2v) is 8.16. The van der Waals surface area contributed by atoms with Crippen molar-refractivity contribution in [1.29, 1.82) is 0 Å². The van der Waals surface area contributed by atoms with Crippen LogP contribution in [0, 0.1) is 12.3 Å². The van der Waals surface area contributed by atoms with Gasteiger partial charge in [0.2, 0.25) is 0 Å². The van der Waals surface area contributed by atoms with Crippen molar-refractivity contribution in [3.63, 3.8) is 0 Å². The predicted octanol–water partition coefficient (Wildman–Crippen LogP) is 5.33. The number of nitrogens with one attached hydrogen (secondary N) is 1. The van der Waals surface area contributed by atoms with E-state index in [-0.39, 0.29) is 17.4 Å². The van der Waals surface area contributed by atoms with E-state index in [1.165, 1.54) is 0 Å². The van der Waals surface area contributed by atoms with Crippen LogP contribution in [0.1, 0.15) is 47.8 Å². The Bertz CT molecular complexity index is 888. The van der Waals surface area contributed by atoms with Gasteiger partial charge in [0.1, 0.15) is 17.1 Å². The first-order valence-corrected chi connectivity index (χ1v) is 9.10. The number of thiophene rings is 1. The third kappa shape index (κ3) is 3.42. The van der Waals surface area contributed by atoms with Gasteiger partial charge < -0.3 is 14.5 Å². The van der Waals surface area contributed by atoms with E-state index < -0.39 is 0 Å². The lowest BCUT2D eigenvalue weighted by molar-refractivity contribution is 0.0903. The SMILES string of the molecule is COc1ccc2oc(C)c(C(=O)NC(c3cccs3)C(C)(C)C)c2c1. The van der Waals surface area contributed by atoms with E-state index in [2.05, 4.69) is 32.2 Å². The highest BCUT2D eigenvalue weighted by Gasteiger charge is 2.30. The first kappa shape index (κ1) is 17.5. The molecule has 4 nitrogen and oxygen atoms in total. The van der Waals surface area contributed by atoms with E-state index in [9.17, 15) is 4.79 Å². The van der Waals surface area contributed by atoms with Crippen LogP contribution in [-0.2, 0) is 0 Å². The fraction of sp³-hybridized carbons (Fsp3) is 0.350. The number of rotatable bonds is 4. The Morgan fingerprint density at radius 3 is 2.64 bits per heavy atom. The molecule has 1 aromatic carbocycles. The van der Waals surface area contributed by atoms with Gasteiger partial charge in [-0.1, -0.05) is 26.8 Å². The van der Waals surface area contributed by atoms with Gasteiger partial charge in [-0.2, -0.15) is 0 Å². The fourth-order valence-electron chi connectivity index (χ4n) is 2.98. The highest BCUT2D eigenvalue weighted by Crippen LogP contribution is 2.36. The molecular formula is C20H23NO3S. The number of methoxy groups -OCH3 is 1. The molecule has 0 saturated carbocycles. The largest absolute Gasteiger partial charge is 0.497 e. The zero-order valence-electron chi connectivity index (χ0n) is 15.2.